The highest BCUT2D eigenvalue weighted by Gasteiger charge is 2.37. The molecular formula is C18H26O3. The fraction of sp³-hybridized carbons (Fsp3) is 0.667. The van der Waals surface area contributed by atoms with Crippen LogP contribution in [0.3, 0.4) is 0 Å². The van der Waals surface area contributed by atoms with E-state index in [1.165, 1.54) is 18.4 Å². The molecule has 21 heavy (non-hydrogen) atoms. The van der Waals surface area contributed by atoms with Crippen molar-refractivity contribution in [2.75, 3.05) is 6.61 Å². The zero-order valence-electron chi connectivity index (χ0n) is 13.2. The monoisotopic (exact) mass is 290 g/mol. The van der Waals surface area contributed by atoms with Gasteiger partial charge in [-0.15, -0.1) is 0 Å². The van der Waals surface area contributed by atoms with Crippen molar-refractivity contribution < 1.29 is 14.3 Å². The quantitative estimate of drug-likeness (QED) is 0.387. The fourth-order valence-electron chi connectivity index (χ4n) is 3.71. The second kappa shape index (κ2) is 7.06. The molecule has 0 aromatic heterocycles. The predicted octanol–water partition coefficient (Wildman–Crippen LogP) is 3.84. The maximum atomic E-state index is 11.5. The van der Waals surface area contributed by atoms with Crippen molar-refractivity contribution in [3.63, 3.8) is 0 Å². The number of Topliss-reactive ketones (excluding diaryl/α,β-unsaturated/α-hetero) is 1. The van der Waals surface area contributed by atoms with Crippen LogP contribution in [-0.4, -0.2) is 18.4 Å². The van der Waals surface area contributed by atoms with E-state index >= 15 is 0 Å². The van der Waals surface area contributed by atoms with Gasteiger partial charge in [-0.3, -0.25) is 4.79 Å². The average Bonchev–Trinajstić information content (AvgIpc) is 2.89. The molecule has 3 heteroatoms. The van der Waals surface area contributed by atoms with Crippen molar-refractivity contribution in [3.05, 3.63) is 23.8 Å². The Morgan fingerprint density at radius 1 is 1.19 bits per heavy atom. The summed E-state index contributed by atoms with van der Waals surface area (Å²) in [7, 11) is 0. The van der Waals surface area contributed by atoms with Crippen molar-refractivity contribution in [1.29, 1.82) is 0 Å². The average molecular weight is 290 g/mol. The summed E-state index contributed by atoms with van der Waals surface area (Å²) in [6.07, 6.45) is 8.06. The van der Waals surface area contributed by atoms with Crippen LogP contribution in [0.4, 0.5) is 0 Å². The van der Waals surface area contributed by atoms with Crippen molar-refractivity contribution >= 4 is 11.8 Å². The van der Waals surface area contributed by atoms with Gasteiger partial charge >= 0.3 is 5.97 Å². The van der Waals surface area contributed by atoms with Gasteiger partial charge in [-0.05, 0) is 44.4 Å². The van der Waals surface area contributed by atoms with Crippen LogP contribution in [0.2, 0.25) is 0 Å². The van der Waals surface area contributed by atoms with Crippen LogP contribution in [0.25, 0.3) is 0 Å². The molecule has 0 N–H and O–H groups in total. The first-order chi connectivity index (χ1) is 10.0. The third-order valence-corrected chi connectivity index (χ3v) is 5.11. The molecule has 0 radical (unpaired) electrons. The number of hydrogen-bond acceptors (Lipinski definition) is 3. The lowest BCUT2D eigenvalue weighted by Gasteiger charge is -2.39. The van der Waals surface area contributed by atoms with Gasteiger partial charge in [-0.25, -0.2) is 4.79 Å². The summed E-state index contributed by atoms with van der Waals surface area (Å²) in [6, 6.07) is 0. The van der Waals surface area contributed by atoms with Gasteiger partial charge in [0.1, 0.15) is 5.78 Å². The number of esters is 1. The Bertz CT molecular complexity index is 461. The molecule has 1 saturated heterocycles. The molecule has 2 aliphatic carbocycles. The highest BCUT2D eigenvalue weighted by Crippen LogP contribution is 2.43. The topological polar surface area (TPSA) is 43.4 Å². The standard InChI is InChI=1S/C12H18O.C6H8O2/c1-8-3-5-11-9(2)12(13)6-4-10(11)7-8;1-2-5-3-4-8-6(5)7/h9-11H,1,3-7H2,2H3;2H,3-4H2,1H3/b;5-2+. The summed E-state index contributed by atoms with van der Waals surface area (Å²) in [5.74, 6) is 2.12. The molecule has 0 bridgehead atoms. The van der Waals surface area contributed by atoms with Crippen LogP contribution in [0.5, 0.6) is 0 Å². The number of fused-ring (bicyclic) bond motifs is 1. The van der Waals surface area contributed by atoms with Gasteiger partial charge in [0.15, 0.2) is 0 Å². The Morgan fingerprint density at radius 3 is 2.52 bits per heavy atom. The highest BCUT2D eigenvalue weighted by atomic mass is 16.5. The molecule has 0 amide bonds. The Labute approximate surface area is 127 Å². The second-order valence-corrected chi connectivity index (χ2v) is 6.41. The van der Waals surface area contributed by atoms with E-state index < -0.39 is 0 Å². The highest BCUT2D eigenvalue weighted by molar-refractivity contribution is 5.90. The van der Waals surface area contributed by atoms with E-state index in [2.05, 4.69) is 18.2 Å². The minimum Gasteiger partial charge on any atom is -0.462 e. The summed E-state index contributed by atoms with van der Waals surface area (Å²) in [5.41, 5.74) is 2.22. The Hall–Kier alpha value is -1.38. The zero-order valence-corrected chi connectivity index (χ0v) is 13.2. The molecule has 2 saturated carbocycles. The van der Waals surface area contributed by atoms with Crippen LogP contribution < -0.4 is 0 Å². The minimum absolute atomic E-state index is 0.146. The number of rotatable bonds is 0. The van der Waals surface area contributed by atoms with E-state index in [0.29, 0.717) is 24.2 Å². The van der Waals surface area contributed by atoms with Crippen LogP contribution in [0, 0.1) is 17.8 Å². The van der Waals surface area contributed by atoms with Crippen LogP contribution >= 0.6 is 0 Å². The number of allylic oxidation sites excluding steroid dienone is 2. The van der Waals surface area contributed by atoms with Crippen LogP contribution in [0.15, 0.2) is 23.8 Å². The third-order valence-electron chi connectivity index (χ3n) is 5.11. The number of carbonyl (C=O) groups excluding carboxylic acids is 2. The van der Waals surface area contributed by atoms with E-state index in [1.807, 2.05) is 6.92 Å². The largest absolute Gasteiger partial charge is 0.462 e. The lowest BCUT2D eigenvalue weighted by atomic mass is 9.65. The van der Waals surface area contributed by atoms with Gasteiger partial charge in [0.05, 0.1) is 6.61 Å². The van der Waals surface area contributed by atoms with Gasteiger partial charge in [0.25, 0.3) is 0 Å². The molecule has 0 aromatic carbocycles. The number of carbonyl (C=O) groups is 2. The molecule has 0 spiro atoms. The van der Waals surface area contributed by atoms with Gasteiger partial charge in [-0.1, -0.05) is 25.2 Å². The van der Waals surface area contributed by atoms with E-state index in [-0.39, 0.29) is 5.97 Å². The van der Waals surface area contributed by atoms with Gasteiger partial charge in [-0.2, -0.15) is 0 Å². The van der Waals surface area contributed by atoms with E-state index in [0.717, 1.165) is 37.2 Å². The molecule has 3 fully saturated rings. The van der Waals surface area contributed by atoms with Crippen LogP contribution in [0.1, 0.15) is 52.4 Å². The summed E-state index contributed by atoms with van der Waals surface area (Å²) in [5, 5.41) is 0. The van der Waals surface area contributed by atoms with Gasteiger partial charge in [0.2, 0.25) is 0 Å². The van der Waals surface area contributed by atoms with Crippen molar-refractivity contribution in [3.8, 4) is 0 Å². The molecule has 3 nitrogen and oxygen atoms in total. The Morgan fingerprint density at radius 2 is 1.95 bits per heavy atom. The summed E-state index contributed by atoms with van der Waals surface area (Å²) in [6.45, 7) is 8.60. The molecule has 3 rings (SSSR count). The molecule has 0 aromatic rings. The molecule has 3 atom stereocenters. The molecule has 1 aliphatic heterocycles. The SMILES string of the molecule is C/C=C1\CCOC1=O.C=C1CCC2C(CCC(=O)C2C)C1. The summed E-state index contributed by atoms with van der Waals surface area (Å²) in [4.78, 5) is 22.0. The van der Waals surface area contributed by atoms with Crippen molar-refractivity contribution in [1.82, 2.24) is 0 Å². The van der Waals surface area contributed by atoms with E-state index in [1.54, 1.807) is 6.08 Å². The lowest BCUT2D eigenvalue weighted by molar-refractivity contribution is -0.135. The lowest BCUT2D eigenvalue weighted by Crippen LogP contribution is -2.35. The maximum absolute atomic E-state index is 11.5. The molecule has 3 aliphatic rings. The van der Waals surface area contributed by atoms with Crippen molar-refractivity contribution in [2.24, 2.45) is 17.8 Å². The van der Waals surface area contributed by atoms with Crippen LogP contribution in [-0.2, 0) is 14.3 Å². The minimum atomic E-state index is -0.146. The summed E-state index contributed by atoms with van der Waals surface area (Å²) >= 11 is 0. The normalized spacial score (nSPS) is 34.1. The fourth-order valence-corrected chi connectivity index (χ4v) is 3.71. The number of ketones is 1. The Balaban J connectivity index is 0.000000173. The molecular weight excluding hydrogens is 264 g/mol. The van der Waals surface area contributed by atoms with E-state index in [9.17, 15) is 9.59 Å². The maximum Gasteiger partial charge on any atom is 0.333 e. The van der Waals surface area contributed by atoms with Gasteiger partial charge < -0.3 is 4.74 Å². The number of cyclic esters (lactones) is 1. The second-order valence-electron chi connectivity index (χ2n) is 6.41. The van der Waals surface area contributed by atoms with E-state index in [4.69, 9.17) is 0 Å². The Kier molecular flexibility index (Phi) is 5.38. The smallest absolute Gasteiger partial charge is 0.333 e. The zero-order chi connectivity index (χ0) is 15.4. The molecule has 116 valence electrons. The number of hydrogen-bond donors (Lipinski definition) is 0. The first kappa shape index (κ1) is 16.0. The van der Waals surface area contributed by atoms with Crippen molar-refractivity contribution in [2.45, 2.75) is 52.4 Å². The van der Waals surface area contributed by atoms with Gasteiger partial charge in [0, 0.05) is 24.3 Å². The molecule has 3 unspecified atom stereocenters. The third kappa shape index (κ3) is 3.84. The number of ether oxygens (including phenoxy) is 1. The molecule has 1 heterocycles. The first-order valence-corrected chi connectivity index (χ1v) is 8.04. The summed E-state index contributed by atoms with van der Waals surface area (Å²) < 4.78 is 4.65. The predicted molar refractivity (Wildman–Crippen MR) is 82.7 cm³/mol. The first-order valence-electron chi connectivity index (χ1n) is 8.04.